The first-order valence-electron chi connectivity index (χ1n) is 3.46. The average molecular weight is 226 g/mol. The molecule has 74 valence electrons. The Morgan fingerprint density at radius 3 is 2.46 bits per heavy atom. The van der Waals surface area contributed by atoms with Crippen molar-refractivity contribution >= 4 is 24.0 Å². The molecule has 0 aliphatic carbocycles. The van der Waals surface area contributed by atoms with Crippen LogP contribution in [0.5, 0.6) is 5.75 Å². The molecule has 1 rings (SSSR count). The van der Waals surface area contributed by atoms with Crippen LogP contribution >= 0.6 is 24.0 Å². The number of phenols is 1. The maximum Gasteiger partial charge on any atom is 0.165 e. The third-order valence-corrected chi connectivity index (χ3v) is 1.90. The van der Waals surface area contributed by atoms with Gasteiger partial charge in [0.2, 0.25) is 0 Å². The van der Waals surface area contributed by atoms with Gasteiger partial charge in [-0.05, 0) is 19.1 Å². The number of aromatic hydroxyl groups is 1. The lowest BCUT2D eigenvalue weighted by Gasteiger charge is -2.10. The molecule has 1 aromatic rings. The van der Waals surface area contributed by atoms with Crippen molar-refractivity contribution in [3.63, 3.8) is 0 Å². The summed E-state index contributed by atoms with van der Waals surface area (Å²) in [5.74, 6) is -1.16. The second-order valence-electron chi connectivity index (χ2n) is 2.58. The maximum absolute atomic E-state index is 12.8. The van der Waals surface area contributed by atoms with Crippen LogP contribution in [0.25, 0.3) is 0 Å². The molecule has 0 aromatic heterocycles. The summed E-state index contributed by atoms with van der Waals surface area (Å²) in [6, 6.07) is 1.99. The van der Waals surface area contributed by atoms with Crippen molar-refractivity contribution in [2.45, 2.75) is 13.0 Å². The van der Waals surface area contributed by atoms with E-state index in [4.69, 9.17) is 17.3 Å². The van der Waals surface area contributed by atoms with Crippen molar-refractivity contribution in [3.05, 3.63) is 28.5 Å². The van der Waals surface area contributed by atoms with Gasteiger partial charge in [-0.25, -0.2) is 4.39 Å². The topological polar surface area (TPSA) is 46.2 Å². The van der Waals surface area contributed by atoms with E-state index in [-0.39, 0.29) is 23.0 Å². The Hall–Kier alpha value is -0.510. The summed E-state index contributed by atoms with van der Waals surface area (Å²) in [6.07, 6.45) is 0. The highest BCUT2D eigenvalue weighted by molar-refractivity contribution is 6.31. The molecule has 13 heavy (non-hydrogen) atoms. The van der Waals surface area contributed by atoms with Crippen molar-refractivity contribution in [2.75, 3.05) is 0 Å². The number of hydrogen-bond acceptors (Lipinski definition) is 2. The van der Waals surface area contributed by atoms with E-state index in [1.807, 2.05) is 0 Å². The molecule has 0 saturated carbocycles. The quantitative estimate of drug-likeness (QED) is 0.773. The fourth-order valence-electron chi connectivity index (χ4n) is 0.990. The van der Waals surface area contributed by atoms with Crippen LogP contribution in [0.4, 0.5) is 4.39 Å². The van der Waals surface area contributed by atoms with Crippen molar-refractivity contribution < 1.29 is 9.50 Å². The Kier molecular flexibility index (Phi) is 4.47. The molecule has 1 aromatic carbocycles. The normalized spacial score (nSPS) is 12.0. The van der Waals surface area contributed by atoms with E-state index in [0.29, 0.717) is 0 Å². The van der Waals surface area contributed by atoms with E-state index in [2.05, 4.69) is 0 Å². The van der Waals surface area contributed by atoms with Gasteiger partial charge in [0.25, 0.3) is 0 Å². The van der Waals surface area contributed by atoms with Crippen molar-refractivity contribution in [1.29, 1.82) is 0 Å². The largest absolute Gasteiger partial charge is 0.505 e. The number of hydrogen-bond donors (Lipinski definition) is 2. The van der Waals surface area contributed by atoms with Crippen LogP contribution in [0.1, 0.15) is 18.5 Å². The Labute approximate surface area is 86.9 Å². The molecule has 5 heteroatoms. The summed E-state index contributed by atoms with van der Waals surface area (Å²) in [7, 11) is 0. The summed E-state index contributed by atoms with van der Waals surface area (Å²) >= 11 is 5.69. The summed E-state index contributed by atoms with van der Waals surface area (Å²) < 4.78 is 12.8. The van der Waals surface area contributed by atoms with Gasteiger partial charge >= 0.3 is 0 Å². The predicted octanol–water partition coefficient (Wildman–Crippen LogP) is 2.63. The number of rotatable bonds is 1. The predicted molar refractivity (Wildman–Crippen MR) is 52.9 cm³/mol. The monoisotopic (exact) mass is 225 g/mol. The number of halogens is 3. The summed E-state index contributed by atoms with van der Waals surface area (Å²) in [5.41, 5.74) is 5.72. The molecule has 0 spiro atoms. The first-order valence-corrected chi connectivity index (χ1v) is 3.84. The molecule has 2 nitrogen and oxygen atoms in total. The first kappa shape index (κ1) is 12.5. The molecule has 0 saturated heterocycles. The van der Waals surface area contributed by atoms with Crippen LogP contribution in [-0.4, -0.2) is 5.11 Å². The minimum absolute atomic E-state index is 0. The van der Waals surface area contributed by atoms with E-state index in [1.54, 1.807) is 6.92 Å². The Morgan fingerprint density at radius 2 is 2.08 bits per heavy atom. The van der Waals surface area contributed by atoms with Gasteiger partial charge in [0.05, 0.1) is 0 Å². The molecule has 0 amide bonds. The lowest BCUT2D eigenvalue weighted by atomic mass is 10.1. The zero-order valence-electron chi connectivity index (χ0n) is 6.92. The van der Waals surface area contributed by atoms with Crippen LogP contribution in [0.2, 0.25) is 5.02 Å². The fourth-order valence-corrected chi connectivity index (χ4v) is 1.31. The number of benzene rings is 1. The van der Waals surface area contributed by atoms with Gasteiger partial charge in [0.1, 0.15) is 0 Å². The number of nitrogens with two attached hydrogens (primary N) is 1. The van der Waals surface area contributed by atoms with Crippen LogP contribution < -0.4 is 5.73 Å². The summed E-state index contributed by atoms with van der Waals surface area (Å²) in [5, 5.41) is 9.49. The summed E-state index contributed by atoms with van der Waals surface area (Å²) in [4.78, 5) is 0. The Balaban J connectivity index is 0.00000144. The minimum atomic E-state index is -0.702. The molecule has 0 radical (unpaired) electrons. The van der Waals surface area contributed by atoms with Crippen LogP contribution in [0, 0.1) is 5.82 Å². The molecule has 0 bridgehead atoms. The third kappa shape index (κ3) is 2.46. The van der Waals surface area contributed by atoms with E-state index >= 15 is 0 Å². The SMILES string of the molecule is C[C@@H](N)c1c(Cl)ccc(F)c1O.Cl. The number of phenolic OH excluding ortho intramolecular Hbond substituents is 1. The molecular weight excluding hydrogens is 216 g/mol. The van der Waals surface area contributed by atoms with Gasteiger partial charge in [-0.2, -0.15) is 0 Å². The fraction of sp³-hybridized carbons (Fsp3) is 0.250. The van der Waals surface area contributed by atoms with Gasteiger partial charge in [-0.1, -0.05) is 11.6 Å². The van der Waals surface area contributed by atoms with E-state index < -0.39 is 17.6 Å². The molecule has 0 aliphatic rings. The second kappa shape index (κ2) is 4.65. The highest BCUT2D eigenvalue weighted by Crippen LogP contribution is 2.32. The average Bonchev–Trinajstić information content (AvgIpc) is 1.97. The molecule has 0 fully saturated rings. The van der Waals surface area contributed by atoms with Crippen molar-refractivity contribution in [2.24, 2.45) is 5.73 Å². The molecule has 0 aliphatic heterocycles. The molecule has 3 N–H and O–H groups in total. The van der Waals surface area contributed by atoms with Crippen LogP contribution in [0.15, 0.2) is 12.1 Å². The minimum Gasteiger partial charge on any atom is -0.505 e. The highest BCUT2D eigenvalue weighted by atomic mass is 35.5. The van der Waals surface area contributed by atoms with Crippen LogP contribution in [0.3, 0.4) is 0 Å². The Bertz CT molecular complexity index is 304. The lowest BCUT2D eigenvalue weighted by molar-refractivity contribution is 0.422. The summed E-state index contributed by atoms with van der Waals surface area (Å²) in [6.45, 7) is 1.63. The smallest absolute Gasteiger partial charge is 0.165 e. The second-order valence-corrected chi connectivity index (χ2v) is 2.99. The van der Waals surface area contributed by atoms with Gasteiger partial charge in [-0.15, -0.1) is 12.4 Å². The van der Waals surface area contributed by atoms with Gasteiger partial charge < -0.3 is 10.8 Å². The van der Waals surface area contributed by atoms with Crippen LogP contribution in [-0.2, 0) is 0 Å². The van der Waals surface area contributed by atoms with Gasteiger partial charge in [-0.3, -0.25) is 0 Å². The molecule has 0 unspecified atom stereocenters. The third-order valence-electron chi connectivity index (χ3n) is 1.57. The van der Waals surface area contributed by atoms with E-state index in [0.717, 1.165) is 6.07 Å². The molecule has 1 atom stereocenters. The van der Waals surface area contributed by atoms with Crippen molar-refractivity contribution in [1.82, 2.24) is 0 Å². The van der Waals surface area contributed by atoms with Gasteiger partial charge in [0, 0.05) is 16.6 Å². The standard InChI is InChI=1S/C8H9ClFNO.ClH/c1-4(11)7-5(9)2-3-6(10)8(7)12;/h2-4,12H,11H2,1H3;1H/t4-;/m1./s1. The van der Waals surface area contributed by atoms with Gasteiger partial charge in [0.15, 0.2) is 11.6 Å². The van der Waals surface area contributed by atoms with Crippen molar-refractivity contribution in [3.8, 4) is 5.75 Å². The van der Waals surface area contributed by atoms with E-state index in [1.165, 1.54) is 6.07 Å². The molecule has 0 heterocycles. The molecular formula is C8H10Cl2FNO. The van der Waals surface area contributed by atoms with E-state index in [9.17, 15) is 9.50 Å². The highest BCUT2D eigenvalue weighted by Gasteiger charge is 2.14. The zero-order chi connectivity index (χ0) is 9.30. The lowest BCUT2D eigenvalue weighted by Crippen LogP contribution is -2.06. The maximum atomic E-state index is 12.8. The Morgan fingerprint density at radius 1 is 1.54 bits per heavy atom. The zero-order valence-corrected chi connectivity index (χ0v) is 8.49. The first-order chi connectivity index (χ1) is 5.54.